The fraction of sp³-hybridized carbons (Fsp3) is 0.167. The summed E-state index contributed by atoms with van der Waals surface area (Å²) in [4.78, 5) is 17.4. The predicted molar refractivity (Wildman–Crippen MR) is 64.6 cm³/mol. The molecule has 0 aliphatic heterocycles. The van der Waals surface area contributed by atoms with E-state index in [0.29, 0.717) is 5.56 Å². The number of nitro benzene ring substituents is 1. The fourth-order valence-electron chi connectivity index (χ4n) is 1.68. The molecular weight excluding hydrogens is 253 g/mol. The van der Waals surface area contributed by atoms with Crippen molar-refractivity contribution in [3.63, 3.8) is 0 Å². The molecule has 0 aliphatic carbocycles. The molecule has 0 saturated carbocycles. The molecule has 1 heterocycles. The summed E-state index contributed by atoms with van der Waals surface area (Å²) in [6, 6.07) is 4.09. The van der Waals surface area contributed by atoms with Crippen molar-refractivity contribution in [2.45, 2.75) is 13.8 Å². The maximum absolute atomic E-state index is 12.9. The van der Waals surface area contributed by atoms with Crippen molar-refractivity contribution in [1.82, 2.24) is 9.97 Å². The molecule has 0 radical (unpaired) electrons. The first-order valence-corrected chi connectivity index (χ1v) is 5.38. The van der Waals surface area contributed by atoms with E-state index in [0.717, 1.165) is 18.0 Å². The lowest BCUT2D eigenvalue weighted by Crippen LogP contribution is -1.98. The van der Waals surface area contributed by atoms with Crippen LogP contribution in [0.25, 0.3) is 0 Å². The molecule has 0 amide bonds. The lowest BCUT2D eigenvalue weighted by Gasteiger charge is -2.09. The fourth-order valence-corrected chi connectivity index (χ4v) is 1.68. The van der Waals surface area contributed by atoms with Crippen LogP contribution in [0.2, 0.25) is 0 Å². The molecule has 98 valence electrons. The molecule has 1 aromatic carbocycles. The second kappa shape index (κ2) is 4.97. The zero-order valence-electron chi connectivity index (χ0n) is 10.3. The number of aromatic nitrogens is 2. The molecule has 0 saturated heterocycles. The highest BCUT2D eigenvalue weighted by Crippen LogP contribution is 2.34. The Balaban J connectivity index is 2.47. The molecule has 0 bridgehead atoms. The van der Waals surface area contributed by atoms with Crippen LogP contribution in [0.4, 0.5) is 10.1 Å². The Hall–Kier alpha value is -2.57. The monoisotopic (exact) mass is 263 g/mol. The lowest BCUT2D eigenvalue weighted by atomic mass is 10.1. The molecule has 6 nitrogen and oxygen atoms in total. The maximum atomic E-state index is 12.9. The van der Waals surface area contributed by atoms with Gasteiger partial charge in [-0.05, 0) is 25.0 Å². The Labute approximate surface area is 108 Å². The van der Waals surface area contributed by atoms with Gasteiger partial charge in [-0.15, -0.1) is 0 Å². The summed E-state index contributed by atoms with van der Waals surface area (Å²) in [5.74, 6) is -0.798. The van der Waals surface area contributed by atoms with Gasteiger partial charge in [0.25, 0.3) is 0 Å². The van der Waals surface area contributed by atoms with Crippen molar-refractivity contribution in [2.24, 2.45) is 0 Å². The first-order chi connectivity index (χ1) is 8.97. The third-order valence-corrected chi connectivity index (χ3v) is 2.41. The van der Waals surface area contributed by atoms with Gasteiger partial charge in [-0.25, -0.2) is 9.97 Å². The number of hydrogen-bond acceptors (Lipinski definition) is 5. The lowest BCUT2D eigenvalue weighted by molar-refractivity contribution is -0.385. The molecule has 0 spiro atoms. The number of nitrogens with zero attached hydrogens (tertiary/aromatic N) is 3. The van der Waals surface area contributed by atoms with Crippen molar-refractivity contribution < 1.29 is 14.1 Å². The van der Waals surface area contributed by atoms with E-state index in [9.17, 15) is 14.5 Å². The molecule has 2 rings (SSSR count). The number of halogens is 1. The zero-order valence-corrected chi connectivity index (χ0v) is 10.3. The number of rotatable bonds is 3. The van der Waals surface area contributed by atoms with Crippen molar-refractivity contribution in [3.8, 4) is 11.6 Å². The Bertz CT molecular complexity index is 646. The number of ether oxygens (including phenoxy) is 1. The van der Waals surface area contributed by atoms with Crippen LogP contribution < -0.4 is 4.74 Å². The van der Waals surface area contributed by atoms with E-state index in [1.165, 1.54) is 6.07 Å². The number of hydrogen-bond donors (Lipinski definition) is 0. The van der Waals surface area contributed by atoms with Crippen molar-refractivity contribution in [3.05, 3.63) is 51.7 Å². The van der Waals surface area contributed by atoms with Crippen LogP contribution in [0.3, 0.4) is 0 Å². The van der Waals surface area contributed by atoms with E-state index < -0.39 is 10.9 Å². The van der Waals surface area contributed by atoms with Crippen LogP contribution in [-0.2, 0) is 0 Å². The molecule has 7 heteroatoms. The van der Waals surface area contributed by atoms with Crippen LogP contribution in [0.15, 0.2) is 24.5 Å². The van der Waals surface area contributed by atoms with E-state index in [1.807, 2.05) is 0 Å². The van der Waals surface area contributed by atoms with E-state index in [2.05, 4.69) is 9.97 Å². The van der Waals surface area contributed by atoms with Crippen molar-refractivity contribution in [2.75, 3.05) is 0 Å². The maximum Gasteiger partial charge on any atom is 0.312 e. The summed E-state index contributed by atoms with van der Waals surface area (Å²) < 4.78 is 18.2. The number of nitro groups is 1. The van der Waals surface area contributed by atoms with Crippen LogP contribution in [0.5, 0.6) is 11.6 Å². The van der Waals surface area contributed by atoms with Crippen molar-refractivity contribution in [1.29, 1.82) is 0 Å². The Morgan fingerprint density at radius 3 is 2.63 bits per heavy atom. The standard InChI is InChI=1S/C12H10FN3O3/c1-7-3-8(2)12(9(4-7)16(17)18)19-11-5-10(13)14-6-15-11/h3-6H,1-2H3. The SMILES string of the molecule is Cc1cc(C)c(Oc2cc(F)ncn2)c([N+](=O)[O-])c1. The summed E-state index contributed by atoms with van der Waals surface area (Å²) in [5, 5.41) is 11.0. The summed E-state index contributed by atoms with van der Waals surface area (Å²) in [6.07, 6.45) is 0.986. The largest absolute Gasteiger partial charge is 0.431 e. The first-order valence-electron chi connectivity index (χ1n) is 5.38. The third kappa shape index (κ3) is 2.82. The molecule has 0 atom stereocenters. The van der Waals surface area contributed by atoms with Crippen LogP contribution in [-0.4, -0.2) is 14.9 Å². The highest BCUT2D eigenvalue weighted by atomic mass is 19.1. The van der Waals surface area contributed by atoms with Gasteiger partial charge in [-0.1, -0.05) is 6.07 Å². The van der Waals surface area contributed by atoms with Gasteiger partial charge in [0.2, 0.25) is 17.6 Å². The quantitative estimate of drug-likeness (QED) is 0.483. The molecule has 19 heavy (non-hydrogen) atoms. The van der Waals surface area contributed by atoms with E-state index in [4.69, 9.17) is 4.74 Å². The Morgan fingerprint density at radius 1 is 1.26 bits per heavy atom. The molecule has 0 aliphatic rings. The Kier molecular flexibility index (Phi) is 3.37. The number of aryl methyl sites for hydroxylation is 2. The average Bonchev–Trinajstić information content (AvgIpc) is 2.32. The van der Waals surface area contributed by atoms with Gasteiger partial charge >= 0.3 is 5.69 Å². The van der Waals surface area contributed by atoms with Crippen molar-refractivity contribution >= 4 is 5.69 Å². The minimum Gasteiger partial charge on any atom is -0.431 e. The molecule has 1 aromatic heterocycles. The zero-order chi connectivity index (χ0) is 14.0. The predicted octanol–water partition coefficient (Wildman–Crippen LogP) is 2.93. The molecule has 0 unspecified atom stereocenters. The normalized spacial score (nSPS) is 10.3. The smallest absolute Gasteiger partial charge is 0.312 e. The number of benzene rings is 1. The summed E-state index contributed by atoms with van der Waals surface area (Å²) in [7, 11) is 0. The summed E-state index contributed by atoms with van der Waals surface area (Å²) >= 11 is 0. The van der Waals surface area contributed by atoms with E-state index in [-0.39, 0.29) is 17.3 Å². The minimum atomic E-state index is -0.766. The van der Waals surface area contributed by atoms with Gasteiger partial charge in [0, 0.05) is 6.07 Å². The second-order valence-electron chi connectivity index (χ2n) is 3.97. The van der Waals surface area contributed by atoms with E-state index in [1.54, 1.807) is 19.9 Å². The highest BCUT2D eigenvalue weighted by molar-refractivity contribution is 5.54. The molecular formula is C12H10FN3O3. The second-order valence-corrected chi connectivity index (χ2v) is 3.97. The topological polar surface area (TPSA) is 78.2 Å². The van der Waals surface area contributed by atoms with Gasteiger partial charge in [0.1, 0.15) is 6.33 Å². The first kappa shape index (κ1) is 12.9. The molecule has 0 N–H and O–H groups in total. The average molecular weight is 263 g/mol. The highest BCUT2D eigenvalue weighted by Gasteiger charge is 2.19. The van der Waals surface area contributed by atoms with Gasteiger partial charge in [-0.2, -0.15) is 4.39 Å². The van der Waals surface area contributed by atoms with Crippen LogP contribution in [0, 0.1) is 29.9 Å². The molecule has 2 aromatic rings. The van der Waals surface area contributed by atoms with Crippen LogP contribution in [0.1, 0.15) is 11.1 Å². The summed E-state index contributed by atoms with van der Waals surface area (Å²) in [5.41, 5.74) is 1.13. The van der Waals surface area contributed by atoms with Gasteiger partial charge in [-0.3, -0.25) is 10.1 Å². The molecule has 0 fully saturated rings. The van der Waals surface area contributed by atoms with E-state index >= 15 is 0 Å². The third-order valence-electron chi connectivity index (χ3n) is 2.41. The minimum absolute atomic E-state index is 0.0497. The van der Waals surface area contributed by atoms with Gasteiger partial charge in [0.15, 0.2) is 0 Å². The van der Waals surface area contributed by atoms with Gasteiger partial charge in [0.05, 0.1) is 11.0 Å². The Morgan fingerprint density at radius 2 is 2.00 bits per heavy atom. The summed E-state index contributed by atoms with van der Waals surface area (Å²) in [6.45, 7) is 3.42. The van der Waals surface area contributed by atoms with Gasteiger partial charge < -0.3 is 4.74 Å². The van der Waals surface area contributed by atoms with Crippen LogP contribution >= 0.6 is 0 Å².